The second-order valence-corrected chi connectivity index (χ2v) is 8.77. The number of anilines is 2. The van der Waals surface area contributed by atoms with Crippen LogP contribution in [0.15, 0.2) is 16.5 Å². The van der Waals surface area contributed by atoms with Crippen LogP contribution < -0.4 is 15.0 Å². The van der Waals surface area contributed by atoms with Crippen molar-refractivity contribution in [1.29, 1.82) is 0 Å². The van der Waals surface area contributed by atoms with E-state index in [1.165, 1.54) is 6.42 Å². The van der Waals surface area contributed by atoms with Gasteiger partial charge in [-0.05, 0) is 37.5 Å². The van der Waals surface area contributed by atoms with Gasteiger partial charge in [-0.2, -0.15) is 4.98 Å². The highest BCUT2D eigenvalue weighted by Crippen LogP contribution is 2.52. The number of benzene rings is 1. The summed E-state index contributed by atoms with van der Waals surface area (Å²) in [5.74, 6) is -0.910. The fourth-order valence-electron chi connectivity index (χ4n) is 4.69. The number of hydrogen-bond acceptors (Lipinski definition) is 6. The fraction of sp³-hybridized carbons (Fsp3) is 0.565. The second kappa shape index (κ2) is 8.69. The van der Waals surface area contributed by atoms with Gasteiger partial charge in [-0.25, -0.2) is 8.78 Å². The lowest BCUT2D eigenvalue weighted by Crippen LogP contribution is -2.26. The third-order valence-corrected chi connectivity index (χ3v) is 6.46. The van der Waals surface area contributed by atoms with Crippen LogP contribution in [0.25, 0.3) is 0 Å². The first-order valence-electron chi connectivity index (χ1n) is 11.3. The van der Waals surface area contributed by atoms with Crippen LogP contribution in [0.5, 0.6) is 5.75 Å². The highest BCUT2D eigenvalue weighted by Gasteiger charge is 2.47. The molecule has 2 aromatic rings. The van der Waals surface area contributed by atoms with Crippen molar-refractivity contribution in [2.45, 2.75) is 45.1 Å². The Bertz CT molecular complexity index is 970. The summed E-state index contributed by atoms with van der Waals surface area (Å²) in [5.41, 5.74) is 0.111. The van der Waals surface area contributed by atoms with Crippen LogP contribution in [0.2, 0.25) is 0 Å². The van der Waals surface area contributed by atoms with Crippen molar-refractivity contribution in [3.63, 3.8) is 0 Å². The Morgan fingerprint density at radius 3 is 2.66 bits per heavy atom. The van der Waals surface area contributed by atoms with E-state index in [0.717, 1.165) is 31.4 Å². The predicted octanol–water partition coefficient (Wildman–Crippen LogP) is 4.17. The largest absolute Gasteiger partial charge is 0.484 e. The molecule has 2 heterocycles. The first kappa shape index (κ1) is 21.2. The molecule has 0 radical (unpaired) electrons. The van der Waals surface area contributed by atoms with Crippen LogP contribution in [-0.2, 0) is 11.2 Å². The lowest BCUT2D eigenvalue weighted by atomic mass is 10.2. The van der Waals surface area contributed by atoms with Crippen molar-refractivity contribution in [3.05, 3.63) is 35.2 Å². The summed E-state index contributed by atoms with van der Waals surface area (Å²) in [4.78, 5) is 19.1. The predicted molar refractivity (Wildman–Crippen MR) is 113 cm³/mol. The van der Waals surface area contributed by atoms with Gasteiger partial charge in [0.2, 0.25) is 0 Å². The van der Waals surface area contributed by atoms with E-state index in [2.05, 4.69) is 10.3 Å². The van der Waals surface area contributed by atoms with E-state index in [9.17, 15) is 13.6 Å². The molecule has 1 N–H and O–H groups in total. The van der Waals surface area contributed by atoms with Gasteiger partial charge in [0.25, 0.3) is 11.9 Å². The molecule has 2 aliphatic carbocycles. The summed E-state index contributed by atoms with van der Waals surface area (Å²) in [5, 5.41) is 2.54. The van der Waals surface area contributed by atoms with Crippen molar-refractivity contribution in [2.24, 2.45) is 11.8 Å². The van der Waals surface area contributed by atoms with Gasteiger partial charge < -0.3 is 24.1 Å². The van der Waals surface area contributed by atoms with Gasteiger partial charge in [-0.15, -0.1) is 0 Å². The molecule has 1 aromatic heterocycles. The maximum absolute atomic E-state index is 14.6. The van der Waals surface area contributed by atoms with Crippen LogP contribution in [0.1, 0.15) is 48.9 Å². The summed E-state index contributed by atoms with van der Waals surface area (Å²) in [7, 11) is 0. The van der Waals surface area contributed by atoms with Gasteiger partial charge in [-0.1, -0.05) is 6.92 Å². The third kappa shape index (κ3) is 4.30. The molecule has 1 aliphatic heterocycles. The van der Waals surface area contributed by atoms with Crippen molar-refractivity contribution in [2.75, 3.05) is 36.5 Å². The minimum absolute atomic E-state index is 0.00129. The standard InChI is InChI=1S/C23H27F2N3O4/c1-2-19-20(27-23(32-19)28-4-3-6-30-7-5-28)22(29)26-15-11-17(24)21(18(25)12-15)31-16-9-13-8-14(13)10-16/h11-14,16H,2-10H2,1H3,(H,26,29)/t13-,14?,16?/m0/s1. The minimum atomic E-state index is -0.831. The summed E-state index contributed by atoms with van der Waals surface area (Å²) in [6.45, 7) is 4.41. The van der Waals surface area contributed by atoms with Gasteiger partial charge in [0.1, 0.15) is 5.76 Å². The molecule has 5 rings (SSSR count). The van der Waals surface area contributed by atoms with E-state index < -0.39 is 17.5 Å². The normalized spacial score (nSPS) is 24.7. The van der Waals surface area contributed by atoms with E-state index in [4.69, 9.17) is 13.9 Å². The lowest BCUT2D eigenvalue weighted by molar-refractivity contribution is 0.102. The third-order valence-electron chi connectivity index (χ3n) is 6.46. The summed E-state index contributed by atoms with van der Waals surface area (Å²) in [6, 6.07) is 2.50. The van der Waals surface area contributed by atoms with E-state index in [1.54, 1.807) is 0 Å². The van der Waals surface area contributed by atoms with Crippen molar-refractivity contribution < 1.29 is 27.5 Å². The highest BCUT2D eigenvalue weighted by atomic mass is 19.1. The first-order chi connectivity index (χ1) is 15.5. The van der Waals surface area contributed by atoms with Crippen LogP contribution in [0.3, 0.4) is 0 Å². The number of carbonyl (C=O) groups is 1. The number of fused-ring (bicyclic) bond motifs is 1. The average molecular weight is 447 g/mol. The molecule has 3 fully saturated rings. The highest BCUT2D eigenvalue weighted by molar-refractivity contribution is 6.03. The van der Waals surface area contributed by atoms with Gasteiger partial charge in [0, 0.05) is 43.9 Å². The van der Waals surface area contributed by atoms with E-state index in [1.807, 2.05) is 11.8 Å². The molecule has 0 spiro atoms. The maximum atomic E-state index is 14.6. The number of carbonyl (C=O) groups excluding carboxylic acids is 1. The quantitative estimate of drug-likeness (QED) is 0.716. The summed E-state index contributed by atoms with van der Waals surface area (Å²) in [6.07, 6.45) is 4.04. The molecule has 2 saturated carbocycles. The molecular formula is C23H27F2N3O4. The van der Waals surface area contributed by atoms with Crippen LogP contribution in [-0.4, -0.2) is 43.3 Å². The molecule has 3 aliphatic rings. The number of nitrogens with zero attached hydrogens (tertiary/aromatic N) is 2. The van der Waals surface area contributed by atoms with E-state index >= 15 is 0 Å². The molecular weight excluding hydrogens is 420 g/mol. The van der Waals surface area contributed by atoms with Crippen molar-refractivity contribution in [1.82, 2.24) is 4.98 Å². The van der Waals surface area contributed by atoms with E-state index in [0.29, 0.717) is 56.3 Å². The first-order valence-corrected chi connectivity index (χ1v) is 11.3. The monoisotopic (exact) mass is 447 g/mol. The number of ether oxygens (including phenoxy) is 2. The average Bonchev–Trinajstić information content (AvgIpc) is 3.28. The number of oxazole rings is 1. The van der Waals surface area contributed by atoms with E-state index in [-0.39, 0.29) is 23.2 Å². The van der Waals surface area contributed by atoms with Crippen LogP contribution in [0.4, 0.5) is 20.5 Å². The Morgan fingerprint density at radius 2 is 1.94 bits per heavy atom. The summed E-state index contributed by atoms with van der Waals surface area (Å²) < 4.78 is 46.0. The SMILES string of the molecule is CCc1oc(N2CCCOCC2)nc1C(=O)Nc1cc(F)c(OC2CC3C[C@H]3C2)c(F)c1. The van der Waals surface area contributed by atoms with Gasteiger partial charge >= 0.3 is 0 Å². The Hall–Kier alpha value is -2.68. The molecule has 9 heteroatoms. The second-order valence-electron chi connectivity index (χ2n) is 8.77. The molecule has 3 atom stereocenters. The molecule has 1 aromatic carbocycles. The number of rotatable bonds is 6. The molecule has 7 nitrogen and oxygen atoms in total. The number of hydrogen-bond donors (Lipinski definition) is 1. The maximum Gasteiger partial charge on any atom is 0.298 e. The van der Waals surface area contributed by atoms with Gasteiger partial charge in [0.15, 0.2) is 23.1 Å². The Morgan fingerprint density at radius 1 is 1.19 bits per heavy atom. The van der Waals surface area contributed by atoms with Crippen LogP contribution >= 0.6 is 0 Å². The zero-order valence-electron chi connectivity index (χ0n) is 18.0. The molecule has 2 unspecified atom stereocenters. The number of aryl methyl sites for hydroxylation is 1. The van der Waals surface area contributed by atoms with Gasteiger partial charge in [0.05, 0.1) is 12.7 Å². The molecule has 1 saturated heterocycles. The van der Waals surface area contributed by atoms with Crippen molar-refractivity contribution >= 4 is 17.6 Å². The molecule has 0 bridgehead atoms. The summed E-state index contributed by atoms with van der Waals surface area (Å²) >= 11 is 0. The molecule has 1 amide bonds. The number of nitrogens with one attached hydrogen (secondary N) is 1. The zero-order chi connectivity index (χ0) is 22.2. The lowest BCUT2D eigenvalue weighted by Gasteiger charge is -2.17. The number of aromatic nitrogens is 1. The number of amides is 1. The van der Waals surface area contributed by atoms with Crippen molar-refractivity contribution in [3.8, 4) is 5.75 Å². The number of halogens is 2. The Kier molecular flexibility index (Phi) is 5.75. The van der Waals surface area contributed by atoms with Crippen LogP contribution in [0, 0.1) is 23.5 Å². The zero-order valence-corrected chi connectivity index (χ0v) is 18.0. The minimum Gasteiger partial charge on any atom is -0.484 e. The topological polar surface area (TPSA) is 76.8 Å². The Balaban J connectivity index is 1.30. The Labute approximate surface area is 185 Å². The molecule has 32 heavy (non-hydrogen) atoms. The fourth-order valence-corrected chi connectivity index (χ4v) is 4.69. The molecule has 172 valence electrons. The van der Waals surface area contributed by atoms with Gasteiger partial charge in [-0.3, -0.25) is 4.79 Å². The smallest absolute Gasteiger partial charge is 0.298 e.